The van der Waals surface area contributed by atoms with Crippen molar-refractivity contribution in [2.75, 3.05) is 47.3 Å². The predicted octanol–water partition coefficient (Wildman–Crippen LogP) is 0.246. The Bertz CT molecular complexity index is 871. The number of nitrogens with zero attached hydrogens (tertiary/aromatic N) is 6. The maximum absolute atomic E-state index is 13.3. The average molecular weight is 387 g/mol. The molecule has 0 saturated carbocycles. The fourth-order valence-electron chi connectivity index (χ4n) is 3.79. The number of halogens is 1. The molecule has 3 aliphatic rings. The second-order valence-electron chi connectivity index (χ2n) is 7.46. The van der Waals surface area contributed by atoms with Gasteiger partial charge in [0.05, 0.1) is 19.6 Å². The molecule has 3 amide bonds. The monoisotopic (exact) mass is 387 g/mol. The molecule has 4 rings (SSSR count). The third-order valence-electron chi connectivity index (χ3n) is 5.56. The molecule has 1 aromatic carbocycles. The number of piperazine rings is 1. The molecule has 0 bridgehead atoms. The van der Waals surface area contributed by atoms with Crippen molar-refractivity contribution in [3.63, 3.8) is 0 Å². The first-order valence-electron chi connectivity index (χ1n) is 9.32. The summed E-state index contributed by atoms with van der Waals surface area (Å²) in [5.41, 5.74) is 0.875. The van der Waals surface area contributed by atoms with E-state index >= 15 is 0 Å². The molecule has 28 heavy (non-hydrogen) atoms. The van der Waals surface area contributed by atoms with Gasteiger partial charge in [-0.15, -0.1) is 0 Å². The number of likely N-dealkylation sites (N-methyl/N-ethyl adjacent to an activating group) is 3. The molecule has 2 fully saturated rings. The predicted molar refractivity (Wildman–Crippen MR) is 102 cm³/mol. The van der Waals surface area contributed by atoms with Gasteiger partial charge < -0.3 is 4.90 Å². The Morgan fingerprint density at radius 2 is 1.71 bits per heavy atom. The summed E-state index contributed by atoms with van der Waals surface area (Å²) in [6.45, 7) is 3.77. The van der Waals surface area contributed by atoms with Crippen LogP contribution in [0.15, 0.2) is 29.3 Å². The Morgan fingerprint density at radius 3 is 2.36 bits per heavy atom. The molecule has 0 N–H and O–H groups in total. The van der Waals surface area contributed by atoms with Crippen LogP contribution in [0.5, 0.6) is 0 Å². The van der Waals surface area contributed by atoms with Crippen molar-refractivity contribution in [3.05, 3.63) is 35.6 Å². The van der Waals surface area contributed by atoms with Crippen LogP contribution >= 0.6 is 0 Å². The van der Waals surface area contributed by atoms with Crippen molar-refractivity contribution >= 4 is 23.7 Å². The van der Waals surface area contributed by atoms with Crippen molar-refractivity contribution in [2.24, 2.45) is 4.99 Å². The standard InChI is InChI=1S/C19H24FN6O2/c1-22-8-10-25(11-9-22)18-21-16-15(17(27)24(3)19(28)23(16)2)26(18)12-13-4-6-14(20)7-5-13/h4-7,15H,8-12H2,1-3H3/q+1. The summed E-state index contributed by atoms with van der Waals surface area (Å²) in [5.74, 6) is 0.544. The molecule has 0 spiro atoms. The number of guanidine groups is 1. The smallest absolute Gasteiger partial charge is 0.300 e. The van der Waals surface area contributed by atoms with Crippen LogP contribution in [-0.4, -0.2) is 101 Å². The number of fused-ring (bicyclic) bond motifs is 1. The van der Waals surface area contributed by atoms with E-state index in [4.69, 9.17) is 4.99 Å². The van der Waals surface area contributed by atoms with Crippen LogP contribution < -0.4 is 0 Å². The largest absolute Gasteiger partial charge is 0.392 e. The second kappa shape index (κ2) is 6.97. The Morgan fingerprint density at radius 1 is 1.07 bits per heavy atom. The topological polar surface area (TPSA) is 62.5 Å². The molecule has 0 aliphatic carbocycles. The van der Waals surface area contributed by atoms with E-state index < -0.39 is 6.04 Å². The summed E-state index contributed by atoms with van der Waals surface area (Å²) < 4.78 is 15.5. The van der Waals surface area contributed by atoms with Gasteiger partial charge in [-0.3, -0.25) is 19.2 Å². The highest BCUT2D eigenvalue weighted by Crippen LogP contribution is 2.25. The van der Waals surface area contributed by atoms with Gasteiger partial charge in [0.15, 0.2) is 0 Å². The summed E-state index contributed by atoms with van der Waals surface area (Å²) >= 11 is 0. The highest BCUT2D eigenvalue weighted by molar-refractivity contribution is 6.25. The first-order chi connectivity index (χ1) is 13.4. The average Bonchev–Trinajstić information content (AvgIpc) is 3.06. The number of urea groups is 1. The fourth-order valence-corrected chi connectivity index (χ4v) is 3.79. The van der Waals surface area contributed by atoms with E-state index in [0.717, 1.165) is 36.6 Å². The third-order valence-corrected chi connectivity index (χ3v) is 5.56. The van der Waals surface area contributed by atoms with Crippen molar-refractivity contribution in [1.82, 2.24) is 19.6 Å². The molecule has 1 unspecified atom stereocenters. The summed E-state index contributed by atoms with van der Waals surface area (Å²) in [7, 11) is 5.20. The summed E-state index contributed by atoms with van der Waals surface area (Å²) in [6, 6.07) is 5.19. The van der Waals surface area contributed by atoms with Crippen LogP contribution in [0.1, 0.15) is 5.56 Å². The molecule has 3 heterocycles. The van der Waals surface area contributed by atoms with Crippen molar-refractivity contribution in [3.8, 4) is 0 Å². The Balaban J connectivity index is 1.75. The number of benzene rings is 1. The number of hydrogen-bond acceptors (Lipinski definition) is 3. The molecule has 148 valence electrons. The first-order valence-corrected chi connectivity index (χ1v) is 9.32. The van der Waals surface area contributed by atoms with E-state index in [1.165, 1.54) is 24.1 Å². The molecular formula is C19H24FN6O2+. The zero-order valence-electron chi connectivity index (χ0n) is 16.3. The van der Waals surface area contributed by atoms with E-state index in [2.05, 4.69) is 16.5 Å². The molecule has 1 atom stereocenters. The van der Waals surface area contributed by atoms with Crippen LogP contribution in [0.4, 0.5) is 9.18 Å². The zero-order valence-corrected chi connectivity index (χ0v) is 16.3. The lowest BCUT2D eigenvalue weighted by atomic mass is 10.1. The van der Waals surface area contributed by atoms with Gasteiger partial charge in [-0.05, 0) is 24.7 Å². The number of aliphatic imine (C=N–C) groups is 1. The molecule has 8 nitrogen and oxygen atoms in total. The van der Waals surface area contributed by atoms with Gasteiger partial charge in [-0.25, -0.2) is 14.1 Å². The lowest BCUT2D eigenvalue weighted by Crippen LogP contribution is -2.62. The number of carbonyl (C=O) groups is 2. The fraction of sp³-hybridized carbons (Fsp3) is 0.474. The third kappa shape index (κ3) is 3.05. The number of amidine groups is 1. The van der Waals surface area contributed by atoms with Crippen molar-refractivity contribution < 1.29 is 18.6 Å². The number of hydrogen-bond donors (Lipinski definition) is 0. The van der Waals surface area contributed by atoms with Crippen molar-refractivity contribution in [1.29, 1.82) is 0 Å². The molecule has 9 heteroatoms. The van der Waals surface area contributed by atoms with E-state index in [1.807, 2.05) is 4.90 Å². The van der Waals surface area contributed by atoms with Crippen LogP contribution in [0.3, 0.4) is 0 Å². The molecule has 0 radical (unpaired) electrons. The normalized spacial score (nSPS) is 23.5. The van der Waals surface area contributed by atoms with Gasteiger partial charge in [0.2, 0.25) is 11.9 Å². The van der Waals surface area contributed by atoms with Gasteiger partial charge >= 0.3 is 12.0 Å². The van der Waals surface area contributed by atoms with E-state index in [9.17, 15) is 14.0 Å². The Hall–Kier alpha value is -2.81. The number of rotatable bonds is 2. The van der Waals surface area contributed by atoms with E-state index in [-0.39, 0.29) is 17.8 Å². The highest BCUT2D eigenvalue weighted by atomic mass is 19.1. The van der Waals surface area contributed by atoms with Crippen molar-refractivity contribution in [2.45, 2.75) is 12.6 Å². The molecular weight excluding hydrogens is 363 g/mol. The minimum atomic E-state index is -0.660. The maximum Gasteiger partial charge on any atom is 0.392 e. The van der Waals surface area contributed by atoms with Gasteiger partial charge in [-0.1, -0.05) is 17.1 Å². The molecule has 3 aliphatic heterocycles. The van der Waals surface area contributed by atoms with Gasteiger partial charge in [0.25, 0.3) is 5.91 Å². The summed E-state index contributed by atoms with van der Waals surface area (Å²) in [6.07, 6.45) is 0. The lowest BCUT2D eigenvalue weighted by molar-refractivity contribution is -0.544. The van der Waals surface area contributed by atoms with Gasteiger partial charge in [-0.2, -0.15) is 0 Å². The van der Waals surface area contributed by atoms with Crippen LogP contribution in [0.2, 0.25) is 0 Å². The minimum absolute atomic E-state index is 0.298. The van der Waals surface area contributed by atoms with Crippen LogP contribution in [-0.2, 0) is 11.3 Å². The van der Waals surface area contributed by atoms with Crippen LogP contribution in [0.25, 0.3) is 0 Å². The number of imide groups is 1. The minimum Gasteiger partial charge on any atom is -0.300 e. The Labute approximate surface area is 163 Å². The second-order valence-corrected chi connectivity index (χ2v) is 7.46. The SMILES string of the molecule is CN1CC[N+](=C2N=C3C(C(=O)N(C)C(=O)N3C)N2Cc2ccc(F)cc2)CC1. The summed E-state index contributed by atoms with van der Waals surface area (Å²) in [5, 5.41) is 0. The first kappa shape index (κ1) is 18.5. The molecule has 1 aromatic rings. The van der Waals surface area contributed by atoms with E-state index in [1.54, 1.807) is 19.2 Å². The quantitative estimate of drug-likeness (QED) is 0.683. The Kier molecular flexibility index (Phi) is 4.62. The lowest BCUT2D eigenvalue weighted by Gasteiger charge is -2.33. The highest BCUT2D eigenvalue weighted by Gasteiger charge is 2.55. The van der Waals surface area contributed by atoms with Gasteiger partial charge in [0.1, 0.15) is 5.82 Å². The number of amides is 3. The number of carbonyl (C=O) groups excluding carboxylic acids is 2. The maximum atomic E-state index is 13.3. The zero-order chi connectivity index (χ0) is 20.0. The van der Waals surface area contributed by atoms with Crippen LogP contribution in [0, 0.1) is 5.82 Å². The van der Waals surface area contributed by atoms with E-state index in [0.29, 0.717) is 18.3 Å². The molecule has 2 saturated heterocycles. The van der Waals surface area contributed by atoms with Gasteiger partial charge in [0, 0.05) is 27.2 Å². The molecule has 0 aromatic heterocycles. The summed E-state index contributed by atoms with van der Waals surface area (Å²) in [4.78, 5) is 36.8.